The quantitative estimate of drug-likeness (QED) is 0.220. The van der Waals surface area contributed by atoms with E-state index in [2.05, 4.69) is 47.9 Å². The highest BCUT2D eigenvalue weighted by molar-refractivity contribution is 5.54. The van der Waals surface area contributed by atoms with E-state index in [9.17, 15) is 0 Å². The zero-order valence-electron chi connectivity index (χ0n) is 23.0. The first-order valence-electron chi connectivity index (χ1n) is 12.9. The first-order valence-corrected chi connectivity index (χ1v) is 12.9. The number of furan rings is 1. The molecule has 2 atom stereocenters. The highest BCUT2D eigenvalue weighted by Crippen LogP contribution is 2.23. The minimum Gasteiger partial charge on any atom is -0.493 e. The number of hydrogen-bond acceptors (Lipinski definition) is 8. The second-order valence-electron chi connectivity index (χ2n) is 8.56. The maximum atomic E-state index is 8.06. The third-order valence-corrected chi connectivity index (χ3v) is 5.00. The summed E-state index contributed by atoms with van der Waals surface area (Å²) < 4.78 is 15.7. The van der Waals surface area contributed by atoms with Gasteiger partial charge in [-0.15, -0.1) is 18.4 Å². The predicted octanol–water partition coefficient (Wildman–Crippen LogP) is 5.20. The van der Waals surface area contributed by atoms with Gasteiger partial charge in [-0.05, 0) is 69.0 Å². The van der Waals surface area contributed by atoms with E-state index in [1.54, 1.807) is 39.6 Å². The molecule has 0 bridgehead atoms. The summed E-state index contributed by atoms with van der Waals surface area (Å²) in [6.07, 6.45) is 18.1. The van der Waals surface area contributed by atoms with E-state index in [0.717, 1.165) is 49.5 Å². The number of nitrogens with zero attached hydrogens (tertiary/aromatic N) is 1. The summed E-state index contributed by atoms with van der Waals surface area (Å²) in [4.78, 5) is 9.23. The standard InChI is InChI=1S/C9H7NO.C9H10O.C7H16N2O2.C3H8O.C2H2/c1-3-8(7-10-5-1)9-4-2-6-11-9;1-2-6-9-8(4-1)5-3-7-10-9;1-3-6(11-9-8-2)4-7-5-10-7;1-3(2)4;1-2/h1-7H;1-2,4,6H,3,5,7H2;6-9H,3-5H2,1-2H3;3-4H,1-2H3;1-2H/t;;6-,7+;;/m..1../s1. The minimum absolute atomic E-state index is 0.167. The Hall–Kier alpha value is -3.19. The van der Waals surface area contributed by atoms with Crippen molar-refractivity contribution in [2.45, 2.75) is 64.8 Å². The molecule has 8 heteroatoms. The zero-order valence-corrected chi connectivity index (χ0v) is 23.0. The van der Waals surface area contributed by atoms with Gasteiger partial charge in [0.05, 0.1) is 31.7 Å². The molecular weight excluding hydrogens is 482 g/mol. The van der Waals surface area contributed by atoms with Gasteiger partial charge < -0.3 is 19.0 Å². The van der Waals surface area contributed by atoms with Crippen molar-refractivity contribution in [3.8, 4) is 29.9 Å². The molecule has 208 valence electrons. The second-order valence-corrected chi connectivity index (χ2v) is 8.56. The van der Waals surface area contributed by atoms with Crippen LogP contribution in [-0.2, 0) is 16.0 Å². The minimum atomic E-state index is -0.167. The lowest BCUT2D eigenvalue weighted by atomic mass is 10.1. The van der Waals surface area contributed by atoms with Gasteiger partial charge >= 0.3 is 0 Å². The molecular formula is C30H43N3O5. The van der Waals surface area contributed by atoms with Gasteiger partial charge in [-0.1, -0.05) is 25.1 Å². The van der Waals surface area contributed by atoms with Gasteiger partial charge in [0.1, 0.15) is 11.5 Å². The Morgan fingerprint density at radius 2 is 1.87 bits per heavy atom. The molecule has 5 rings (SSSR count). The molecule has 38 heavy (non-hydrogen) atoms. The Labute approximate surface area is 227 Å². The lowest BCUT2D eigenvalue weighted by Crippen LogP contribution is -2.33. The summed E-state index contributed by atoms with van der Waals surface area (Å²) in [6, 6.07) is 15.9. The summed E-state index contributed by atoms with van der Waals surface area (Å²) in [5.41, 5.74) is 7.71. The average Bonchev–Trinajstić information content (AvgIpc) is 3.61. The summed E-state index contributed by atoms with van der Waals surface area (Å²) >= 11 is 0. The molecule has 2 aliphatic rings. The molecule has 1 saturated heterocycles. The van der Waals surface area contributed by atoms with Crippen LogP contribution in [0.1, 0.15) is 45.6 Å². The predicted molar refractivity (Wildman–Crippen MR) is 151 cm³/mol. The SMILES string of the molecule is C#C.CC(C)O.CC[C@H](C[C@H]1CO1)ONNC.c1ccc2c(c1)CCCO2.c1cncc(-c2ccco2)c1. The van der Waals surface area contributed by atoms with E-state index >= 15 is 0 Å². The number of aliphatic hydroxyl groups excluding tert-OH is 1. The molecule has 0 aliphatic carbocycles. The molecule has 0 spiro atoms. The number of ether oxygens (including phenoxy) is 2. The maximum absolute atomic E-state index is 8.06. The van der Waals surface area contributed by atoms with Crippen LogP contribution in [-0.4, -0.2) is 48.7 Å². The maximum Gasteiger partial charge on any atom is 0.135 e. The zero-order chi connectivity index (χ0) is 28.0. The molecule has 3 N–H and O–H groups in total. The number of aryl methyl sites for hydroxylation is 1. The van der Waals surface area contributed by atoms with Gasteiger partial charge in [0.15, 0.2) is 0 Å². The van der Waals surface area contributed by atoms with Crippen LogP contribution in [0.4, 0.5) is 0 Å². The largest absolute Gasteiger partial charge is 0.493 e. The van der Waals surface area contributed by atoms with Crippen molar-refractivity contribution in [1.82, 2.24) is 16.0 Å². The number of para-hydroxylation sites is 1. The molecule has 2 aromatic heterocycles. The topological polar surface area (TPSA) is 101 Å². The Morgan fingerprint density at radius 3 is 2.42 bits per heavy atom. The van der Waals surface area contributed by atoms with Crippen LogP contribution in [0.25, 0.3) is 11.3 Å². The van der Waals surface area contributed by atoms with Gasteiger partial charge in [-0.3, -0.25) is 9.82 Å². The second kappa shape index (κ2) is 20.8. The van der Waals surface area contributed by atoms with Crippen LogP contribution in [0.3, 0.4) is 0 Å². The van der Waals surface area contributed by atoms with Crippen LogP contribution in [0, 0.1) is 12.8 Å². The highest BCUT2D eigenvalue weighted by Gasteiger charge is 2.26. The Kier molecular flexibility index (Phi) is 18.0. The first kappa shape index (κ1) is 32.8. The number of benzene rings is 1. The van der Waals surface area contributed by atoms with E-state index in [-0.39, 0.29) is 12.2 Å². The number of pyridine rings is 1. The summed E-state index contributed by atoms with van der Waals surface area (Å²) in [5.74, 6) is 1.94. The Balaban J connectivity index is 0.000000259. The fraction of sp³-hybridized carbons (Fsp3) is 0.433. The van der Waals surface area contributed by atoms with Gasteiger partial charge in [0, 0.05) is 37.5 Å². The molecule has 3 aromatic rings. The van der Waals surface area contributed by atoms with Crippen LogP contribution in [0.2, 0.25) is 0 Å². The molecule has 0 unspecified atom stereocenters. The fourth-order valence-corrected chi connectivity index (χ4v) is 3.18. The van der Waals surface area contributed by atoms with E-state index in [1.165, 1.54) is 12.0 Å². The highest BCUT2D eigenvalue weighted by atomic mass is 16.7. The number of terminal acetylenes is 1. The van der Waals surface area contributed by atoms with Crippen molar-refractivity contribution >= 4 is 0 Å². The number of aromatic nitrogens is 1. The molecule has 0 amide bonds. The number of fused-ring (bicyclic) bond motifs is 1. The van der Waals surface area contributed by atoms with E-state index < -0.39 is 0 Å². The van der Waals surface area contributed by atoms with Crippen molar-refractivity contribution < 1.29 is 23.8 Å². The van der Waals surface area contributed by atoms with E-state index in [1.807, 2.05) is 36.4 Å². The van der Waals surface area contributed by atoms with Crippen LogP contribution >= 0.6 is 0 Å². The number of rotatable bonds is 7. The first-order chi connectivity index (χ1) is 18.5. The van der Waals surface area contributed by atoms with Crippen molar-refractivity contribution in [2.24, 2.45) is 0 Å². The molecule has 0 saturated carbocycles. The number of hydrogen-bond donors (Lipinski definition) is 3. The molecule has 4 heterocycles. The molecule has 1 fully saturated rings. The van der Waals surface area contributed by atoms with Crippen molar-refractivity contribution in [3.63, 3.8) is 0 Å². The van der Waals surface area contributed by atoms with Crippen LogP contribution in [0.15, 0.2) is 71.6 Å². The third-order valence-electron chi connectivity index (χ3n) is 5.00. The Morgan fingerprint density at radius 1 is 1.13 bits per heavy atom. The molecule has 1 aromatic carbocycles. The van der Waals surface area contributed by atoms with E-state index in [0.29, 0.717) is 6.10 Å². The number of hydrazine groups is 1. The molecule has 8 nitrogen and oxygen atoms in total. The van der Waals surface area contributed by atoms with Gasteiger partial charge in [-0.2, -0.15) is 0 Å². The number of nitrogens with one attached hydrogen (secondary N) is 2. The monoisotopic (exact) mass is 525 g/mol. The molecule has 0 radical (unpaired) electrons. The summed E-state index contributed by atoms with van der Waals surface area (Å²) in [6.45, 7) is 7.33. The summed E-state index contributed by atoms with van der Waals surface area (Å²) in [7, 11) is 1.78. The number of aliphatic hydroxyl groups is 1. The molecule has 2 aliphatic heterocycles. The lowest BCUT2D eigenvalue weighted by Gasteiger charge is -2.15. The van der Waals surface area contributed by atoms with Gasteiger partial charge in [-0.25, -0.2) is 5.43 Å². The number of epoxide rings is 1. The third kappa shape index (κ3) is 15.2. The fourth-order valence-electron chi connectivity index (χ4n) is 3.18. The van der Waals surface area contributed by atoms with Crippen LogP contribution < -0.4 is 15.8 Å². The Bertz CT molecular complexity index is 933. The van der Waals surface area contributed by atoms with Crippen LogP contribution in [0.5, 0.6) is 5.75 Å². The summed E-state index contributed by atoms with van der Waals surface area (Å²) in [5, 5.41) is 8.06. The smallest absolute Gasteiger partial charge is 0.135 e. The van der Waals surface area contributed by atoms with Crippen molar-refractivity contribution in [1.29, 1.82) is 0 Å². The van der Waals surface area contributed by atoms with Crippen molar-refractivity contribution in [3.05, 3.63) is 72.8 Å². The van der Waals surface area contributed by atoms with Crippen molar-refractivity contribution in [2.75, 3.05) is 20.3 Å². The van der Waals surface area contributed by atoms with Gasteiger partial charge in [0.25, 0.3) is 0 Å². The lowest BCUT2D eigenvalue weighted by molar-refractivity contribution is -0.0521. The normalized spacial score (nSPS) is 15.2. The average molecular weight is 526 g/mol. The van der Waals surface area contributed by atoms with Gasteiger partial charge in [0.2, 0.25) is 0 Å². The van der Waals surface area contributed by atoms with E-state index in [4.69, 9.17) is 23.8 Å².